The minimum atomic E-state index is -0.507. The molecule has 0 fully saturated rings. The molecule has 6 nitrogen and oxygen atoms in total. The van der Waals surface area contributed by atoms with Gasteiger partial charge < -0.3 is 5.32 Å². The van der Waals surface area contributed by atoms with Crippen LogP contribution in [0.25, 0.3) is 0 Å². The van der Waals surface area contributed by atoms with Gasteiger partial charge in [0.1, 0.15) is 0 Å². The van der Waals surface area contributed by atoms with E-state index in [0.29, 0.717) is 12.1 Å². The SMILES string of the molecule is CCCCCNC(=S)NC(=O)c1cccc([N+](=O)[O-])c1C. The Morgan fingerprint density at radius 3 is 2.71 bits per heavy atom. The quantitative estimate of drug-likeness (QED) is 0.365. The summed E-state index contributed by atoms with van der Waals surface area (Å²) in [6.07, 6.45) is 3.17. The number of nitro benzene ring substituents is 1. The van der Waals surface area contributed by atoms with Crippen LogP contribution < -0.4 is 10.6 Å². The monoisotopic (exact) mass is 309 g/mol. The molecular formula is C14H19N3O3S. The summed E-state index contributed by atoms with van der Waals surface area (Å²) in [5, 5.41) is 16.6. The molecule has 0 aliphatic rings. The second-order valence-corrected chi connectivity index (χ2v) is 5.03. The average molecular weight is 309 g/mol. The van der Waals surface area contributed by atoms with E-state index in [1.54, 1.807) is 6.92 Å². The molecule has 0 spiro atoms. The predicted octanol–water partition coefficient (Wildman–Crippen LogP) is 2.70. The van der Waals surface area contributed by atoms with Gasteiger partial charge >= 0.3 is 0 Å². The molecule has 21 heavy (non-hydrogen) atoms. The van der Waals surface area contributed by atoms with E-state index in [1.165, 1.54) is 18.2 Å². The molecule has 1 rings (SSSR count). The maximum absolute atomic E-state index is 12.1. The Bertz CT molecular complexity index is 546. The van der Waals surface area contributed by atoms with Gasteiger partial charge in [0.2, 0.25) is 0 Å². The van der Waals surface area contributed by atoms with E-state index in [2.05, 4.69) is 17.6 Å². The molecule has 1 aromatic carbocycles. The topological polar surface area (TPSA) is 84.3 Å². The molecule has 0 atom stereocenters. The summed E-state index contributed by atoms with van der Waals surface area (Å²) in [7, 11) is 0. The predicted molar refractivity (Wildman–Crippen MR) is 85.4 cm³/mol. The first-order valence-electron chi connectivity index (χ1n) is 6.80. The summed E-state index contributed by atoms with van der Waals surface area (Å²) >= 11 is 5.03. The lowest BCUT2D eigenvalue weighted by molar-refractivity contribution is -0.385. The van der Waals surface area contributed by atoms with E-state index in [4.69, 9.17) is 12.2 Å². The third-order valence-electron chi connectivity index (χ3n) is 3.04. The van der Waals surface area contributed by atoms with Crippen LogP contribution in [0.3, 0.4) is 0 Å². The van der Waals surface area contributed by atoms with Crippen molar-refractivity contribution >= 4 is 28.9 Å². The fourth-order valence-electron chi connectivity index (χ4n) is 1.86. The fourth-order valence-corrected chi connectivity index (χ4v) is 2.05. The zero-order valence-corrected chi connectivity index (χ0v) is 13.0. The highest BCUT2D eigenvalue weighted by Crippen LogP contribution is 2.20. The summed E-state index contributed by atoms with van der Waals surface area (Å²) in [5.74, 6) is -0.441. The molecule has 0 aliphatic carbocycles. The van der Waals surface area contributed by atoms with Gasteiger partial charge in [-0.25, -0.2) is 0 Å². The van der Waals surface area contributed by atoms with Crippen molar-refractivity contribution in [1.29, 1.82) is 0 Å². The highest BCUT2D eigenvalue weighted by molar-refractivity contribution is 7.80. The number of nitrogens with one attached hydrogen (secondary N) is 2. The number of nitro groups is 1. The van der Waals surface area contributed by atoms with Crippen molar-refractivity contribution < 1.29 is 9.72 Å². The first kappa shape index (κ1) is 17.0. The highest BCUT2D eigenvalue weighted by atomic mass is 32.1. The minimum Gasteiger partial charge on any atom is -0.362 e. The van der Waals surface area contributed by atoms with Crippen LogP contribution in [0.5, 0.6) is 0 Å². The zero-order chi connectivity index (χ0) is 15.8. The summed E-state index contributed by atoms with van der Waals surface area (Å²) < 4.78 is 0. The molecule has 7 heteroatoms. The normalized spacial score (nSPS) is 10.0. The van der Waals surface area contributed by atoms with Gasteiger partial charge in [-0.05, 0) is 31.6 Å². The Balaban J connectivity index is 2.66. The Hall–Kier alpha value is -2.02. The summed E-state index contributed by atoms with van der Waals surface area (Å²) in [6, 6.07) is 4.39. The number of rotatable bonds is 6. The van der Waals surface area contributed by atoms with Crippen LogP contribution in [-0.4, -0.2) is 22.5 Å². The van der Waals surface area contributed by atoms with Crippen molar-refractivity contribution in [2.45, 2.75) is 33.1 Å². The summed E-state index contributed by atoms with van der Waals surface area (Å²) in [6.45, 7) is 4.34. The van der Waals surface area contributed by atoms with Gasteiger partial charge in [-0.15, -0.1) is 0 Å². The van der Waals surface area contributed by atoms with Gasteiger partial charge in [0.15, 0.2) is 5.11 Å². The largest absolute Gasteiger partial charge is 0.362 e. The number of unbranched alkanes of at least 4 members (excludes halogenated alkanes) is 2. The van der Waals surface area contributed by atoms with Crippen LogP contribution in [0.15, 0.2) is 18.2 Å². The highest BCUT2D eigenvalue weighted by Gasteiger charge is 2.18. The number of nitrogens with zero attached hydrogens (tertiary/aromatic N) is 1. The van der Waals surface area contributed by atoms with Crippen molar-refractivity contribution in [3.63, 3.8) is 0 Å². The molecule has 0 saturated heterocycles. The maximum atomic E-state index is 12.1. The van der Waals surface area contributed by atoms with Crippen LogP contribution in [0.1, 0.15) is 42.1 Å². The van der Waals surface area contributed by atoms with Gasteiger partial charge in [0, 0.05) is 23.7 Å². The van der Waals surface area contributed by atoms with E-state index in [-0.39, 0.29) is 16.4 Å². The molecular weight excluding hydrogens is 290 g/mol. The van der Waals surface area contributed by atoms with E-state index < -0.39 is 10.8 Å². The van der Waals surface area contributed by atoms with Gasteiger partial charge in [-0.3, -0.25) is 20.2 Å². The molecule has 0 unspecified atom stereocenters. The first-order valence-corrected chi connectivity index (χ1v) is 7.21. The molecule has 0 saturated carbocycles. The Morgan fingerprint density at radius 1 is 1.38 bits per heavy atom. The summed E-state index contributed by atoms with van der Waals surface area (Å²) in [5.41, 5.74) is 0.500. The standard InChI is InChI=1S/C14H19N3O3S/c1-3-4-5-9-15-14(21)16-13(18)11-7-6-8-12(10(11)2)17(19)20/h6-8H,3-5,9H2,1-2H3,(H2,15,16,18,21). The Morgan fingerprint density at radius 2 is 2.10 bits per heavy atom. The maximum Gasteiger partial charge on any atom is 0.273 e. The lowest BCUT2D eigenvalue weighted by atomic mass is 10.1. The number of carbonyl (C=O) groups is 1. The van der Waals surface area contributed by atoms with Crippen LogP contribution in [0, 0.1) is 17.0 Å². The molecule has 2 N–H and O–H groups in total. The first-order chi connectivity index (χ1) is 9.97. The van der Waals surface area contributed by atoms with Crippen molar-refractivity contribution in [2.75, 3.05) is 6.54 Å². The summed E-state index contributed by atoms with van der Waals surface area (Å²) in [4.78, 5) is 22.4. The molecule has 1 aromatic rings. The lowest BCUT2D eigenvalue weighted by Gasteiger charge is -2.10. The van der Waals surface area contributed by atoms with Crippen molar-refractivity contribution in [1.82, 2.24) is 10.6 Å². The lowest BCUT2D eigenvalue weighted by Crippen LogP contribution is -2.39. The second kappa shape index (κ2) is 8.31. The van der Waals surface area contributed by atoms with Crippen molar-refractivity contribution in [3.05, 3.63) is 39.4 Å². The van der Waals surface area contributed by atoms with Crippen LogP contribution in [-0.2, 0) is 0 Å². The molecule has 1 amide bonds. The molecule has 0 heterocycles. The molecule has 0 aromatic heterocycles. The van der Waals surface area contributed by atoms with Crippen molar-refractivity contribution in [2.24, 2.45) is 0 Å². The number of thiocarbonyl (C=S) groups is 1. The fraction of sp³-hybridized carbons (Fsp3) is 0.429. The van der Waals surface area contributed by atoms with Crippen molar-refractivity contribution in [3.8, 4) is 0 Å². The molecule has 114 valence electrons. The van der Waals surface area contributed by atoms with Gasteiger partial charge in [0.25, 0.3) is 11.6 Å². The smallest absolute Gasteiger partial charge is 0.273 e. The number of hydrogen-bond acceptors (Lipinski definition) is 4. The molecule has 0 radical (unpaired) electrons. The van der Waals surface area contributed by atoms with Gasteiger partial charge in [-0.1, -0.05) is 25.8 Å². The van der Waals surface area contributed by atoms with Gasteiger partial charge in [-0.2, -0.15) is 0 Å². The Kier molecular flexibility index (Phi) is 6.74. The minimum absolute atomic E-state index is 0.0792. The van der Waals surface area contributed by atoms with Crippen LogP contribution in [0.2, 0.25) is 0 Å². The third-order valence-corrected chi connectivity index (χ3v) is 3.29. The number of carbonyl (C=O) groups excluding carboxylic acids is 1. The third kappa shape index (κ3) is 5.11. The Labute approximate surface area is 129 Å². The average Bonchev–Trinajstić information content (AvgIpc) is 2.43. The molecule has 0 bridgehead atoms. The van der Waals surface area contributed by atoms with Crippen LogP contribution >= 0.6 is 12.2 Å². The van der Waals surface area contributed by atoms with Gasteiger partial charge in [0.05, 0.1) is 4.92 Å². The second-order valence-electron chi connectivity index (χ2n) is 4.62. The van der Waals surface area contributed by atoms with Crippen LogP contribution in [0.4, 0.5) is 5.69 Å². The van der Waals surface area contributed by atoms with E-state index in [9.17, 15) is 14.9 Å². The molecule has 0 aliphatic heterocycles. The number of amides is 1. The number of benzene rings is 1. The zero-order valence-electron chi connectivity index (χ0n) is 12.1. The van der Waals surface area contributed by atoms with E-state index in [0.717, 1.165) is 19.3 Å². The van der Waals surface area contributed by atoms with E-state index in [1.807, 2.05) is 0 Å². The number of hydrogen-bond donors (Lipinski definition) is 2. The van der Waals surface area contributed by atoms with E-state index >= 15 is 0 Å².